The second kappa shape index (κ2) is 1.80. The molecule has 0 bridgehead atoms. The van der Waals surface area contributed by atoms with Gasteiger partial charge in [0.15, 0.2) is 0 Å². The minimum Gasteiger partial charge on any atom is -0.314 e. The van der Waals surface area contributed by atoms with Crippen LogP contribution in [0.5, 0.6) is 0 Å². The third-order valence-corrected chi connectivity index (χ3v) is 1.60. The van der Waals surface area contributed by atoms with E-state index in [9.17, 15) is 0 Å². The Balaban J connectivity index is 2.14. The summed E-state index contributed by atoms with van der Waals surface area (Å²) in [6.07, 6.45) is 3.63. The quantitative estimate of drug-likeness (QED) is 0.495. The summed E-state index contributed by atoms with van der Waals surface area (Å²) in [6, 6.07) is 0.472. The maximum absolute atomic E-state index is 8.71. The zero-order chi connectivity index (χ0) is 5.28. The van der Waals surface area contributed by atoms with E-state index in [2.05, 4.69) is 0 Å². The van der Waals surface area contributed by atoms with E-state index < -0.39 is 0 Å². The van der Waals surface area contributed by atoms with Crippen molar-refractivity contribution in [1.29, 1.82) is 0 Å². The molecule has 1 rings (SSSR count). The third-order valence-electron chi connectivity index (χ3n) is 1.60. The van der Waals surface area contributed by atoms with Crippen LogP contribution in [0, 0.1) is 0 Å². The lowest BCUT2D eigenvalue weighted by Crippen LogP contribution is -2.34. The molecule has 0 aromatic rings. The molecule has 0 atom stereocenters. The molecular formula is C5H11NO. The van der Waals surface area contributed by atoms with Crippen molar-refractivity contribution in [3.63, 3.8) is 0 Å². The Morgan fingerprint density at radius 1 is 1.57 bits per heavy atom. The normalized spacial score (nSPS) is 22.7. The Kier molecular flexibility index (Phi) is 1.30. The maximum atomic E-state index is 8.71. The average Bonchev–Trinajstić information content (AvgIpc) is 1.23. The summed E-state index contributed by atoms with van der Waals surface area (Å²) in [5.41, 5.74) is 0. The first-order valence-corrected chi connectivity index (χ1v) is 2.72. The molecule has 0 aromatic carbocycles. The van der Waals surface area contributed by atoms with Crippen LogP contribution >= 0.6 is 0 Å². The minimum atomic E-state index is 0.472. The van der Waals surface area contributed by atoms with Gasteiger partial charge in [-0.25, -0.2) is 0 Å². The molecule has 0 amide bonds. The van der Waals surface area contributed by atoms with Gasteiger partial charge in [-0.1, -0.05) is 6.42 Å². The molecule has 0 spiro atoms. The highest BCUT2D eigenvalue weighted by molar-refractivity contribution is 4.72. The van der Waals surface area contributed by atoms with Crippen molar-refractivity contribution in [2.75, 3.05) is 7.05 Å². The topological polar surface area (TPSA) is 23.5 Å². The van der Waals surface area contributed by atoms with Gasteiger partial charge in [-0.2, -0.15) is 5.06 Å². The highest BCUT2D eigenvalue weighted by Gasteiger charge is 2.19. The van der Waals surface area contributed by atoms with Gasteiger partial charge in [0.2, 0.25) is 0 Å². The van der Waals surface area contributed by atoms with Gasteiger partial charge in [0, 0.05) is 13.1 Å². The van der Waals surface area contributed by atoms with Crippen LogP contribution in [-0.4, -0.2) is 23.4 Å². The van der Waals surface area contributed by atoms with E-state index in [1.165, 1.54) is 24.3 Å². The molecule has 0 aliphatic heterocycles. The van der Waals surface area contributed by atoms with Crippen LogP contribution in [0.25, 0.3) is 0 Å². The van der Waals surface area contributed by atoms with Gasteiger partial charge in [-0.15, -0.1) is 0 Å². The van der Waals surface area contributed by atoms with Gasteiger partial charge in [0.25, 0.3) is 0 Å². The molecule has 7 heavy (non-hydrogen) atoms. The van der Waals surface area contributed by atoms with Gasteiger partial charge in [-0.05, 0) is 12.8 Å². The monoisotopic (exact) mass is 101 g/mol. The Bertz CT molecular complexity index is 59.1. The molecule has 2 nitrogen and oxygen atoms in total. The molecule has 0 radical (unpaired) electrons. The van der Waals surface area contributed by atoms with Crippen molar-refractivity contribution in [3.8, 4) is 0 Å². The minimum absolute atomic E-state index is 0.472. The molecule has 1 aliphatic carbocycles. The number of hydrogen-bond donors (Lipinski definition) is 1. The molecule has 1 fully saturated rings. The van der Waals surface area contributed by atoms with E-state index in [1.54, 1.807) is 7.05 Å². The summed E-state index contributed by atoms with van der Waals surface area (Å²) < 4.78 is 0. The number of hydroxylamine groups is 2. The highest BCUT2D eigenvalue weighted by atomic mass is 16.5. The molecule has 0 unspecified atom stereocenters. The van der Waals surface area contributed by atoms with E-state index in [0.29, 0.717) is 6.04 Å². The molecule has 0 saturated heterocycles. The largest absolute Gasteiger partial charge is 0.314 e. The third kappa shape index (κ3) is 0.924. The number of nitrogens with zero attached hydrogens (tertiary/aromatic N) is 1. The average molecular weight is 101 g/mol. The van der Waals surface area contributed by atoms with Crippen LogP contribution in [-0.2, 0) is 0 Å². The molecule has 0 heterocycles. The summed E-state index contributed by atoms with van der Waals surface area (Å²) in [5.74, 6) is 0. The summed E-state index contributed by atoms with van der Waals surface area (Å²) in [7, 11) is 1.71. The van der Waals surface area contributed by atoms with Crippen LogP contribution < -0.4 is 0 Å². The van der Waals surface area contributed by atoms with Crippen molar-refractivity contribution >= 4 is 0 Å². The zero-order valence-electron chi connectivity index (χ0n) is 4.59. The fourth-order valence-corrected chi connectivity index (χ4v) is 0.760. The SMILES string of the molecule is CN(O)C1CCC1. The Morgan fingerprint density at radius 2 is 2.14 bits per heavy atom. The van der Waals surface area contributed by atoms with E-state index in [1.807, 2.05) is 0 Å². The Labute approximate surface area is 43.7 Å². The summed E-state index contributed by atoms with van der Waals surface area (Å²) in [4.78, 5) is 0. The number of rotatable bonds is 1. The van der Waals surface area contributed by atoms with Gasteiger partial charge in [0.1, 0.15) is 0 Å². The molecule has 0 aromatic heterocycles. The van der Waals surface area contributed by atoms with Crippen molar-refractivity contribution in [2.24, 2.45) is 0 Å². The smallest absolute Gasteiger partial charge is 0.0347 e. The lowest BCUT2D eigenvalue weighted by molar-refractivity contribution is -0.123. The van der Waals surface area contributed by atoms with Crippen molar-refractivity contribution < 1.29 is 5.21 Å². The van der Waals surface area contributed by atoms with Gasteiger partial charge >= 0.3 is 0 Å². The molecule has 1 N–H and O–H groups in total. The van der Waals surface area contributed by atoms with Crippen molar-refractivity contribution in [1.82, 2.24) is 5.06 Å². The van der Waals surface area contributed by atoms with Crippen LogP contribution in [0.4, 0.5) is 0 Å². The fourth-order valence-electron chi connectivity index (χ4n) is 0.760. The zero-order valence-corrected chi connectivity index (χ0v) is 4.59. The van der Waals surface area contributed by atoms with Gasteiger partial charge in [0.05, 0.1) is 0 Å². The molecule has 2 heteroatoms. The Morgan fingerprint density at radius 3 is 2.14 bits per heavy atom. The fraction of sp³-hybridized carbons (Fsp3) is 1.00. The first kappa shape index (κ1) is 5.06. The second-order valence-corrected chi connectivity index (χ2v) is 2.16. The van der Waals surface area contributed by atoms with Crippen LogP contribution in [0.2, 0.25) is 0 Å². The van der Waals surface area contributed by atoms with Crippen LogP contribution in [0.1, 0.15) is 19.3 Å². The lowest BCUT2D eigenvalue weighted by atomic mass is 9.93. The van der Waals surface area contributed by atoms with Crippen molar-refractivity contribution in [2.45, 2.75) is 25.3 Å². The van der Waals surface area contributed by atoms with Gasteiger partial charge in [-0.3, -0.25) is 0 Å². The van der Waals surface area contributed by atoms with E-state index >= 15 is 0 Å². The first-order chi connectivity index (χ1) is 3.30. The molecule has 1 saturated carbocycles. The van der Waals surface area contributed by atoms with E-state index in [0.717, 1.165) is 0 Å². The van der Waals surface area contributed by atoms with Gasteiger partial charge < -0.3 is 5.21 Å². The van der Waals surface area contributed by atoms with Crippen LogP contribution in [0.15, 0.2) is 0 Å². The summed E-state index contributed by atoms with van der Waals surface area (Å²) in [6.45, 7) is 0. The Hall–Kier alpha value is -0.0800. The summed E-state index contributed by atoms with van der Waals surface area (Å²) >= 11 is 0. The summed E-state index contributed by atoms with van der Waals surface area (Å²) in [5, 5.41) is 10.0. The van der Waals surface area contributed by atoms with E-state index in [4.69, 9.17) is 5.21 Å². The molecule has 42 valence electrons. The number of hydrogen-bond acceptors (Lipinski definition) is 2. The standard InChI is InChI=1S/C5H11NO/c1-6(7)5-3-2-4-5/h5,7H,2-4H2,1H3. The predicted octanol–water partition coefficient (Wildman–Crippen LogP) is 0.860. The predicted molar refractivity (Wildman–Crippen MR) is 27.2 cm³/mol. The first-order valence-electron chi connectivity index (χ1n) is 2.72. The second-order valence-electron chi connectivity index (χ2n) is 2.16. The highest BCUT2D eigenvalue weighted by Crippen LogP contribution is 2.21. The molecule has 1 aliphatic rings. The van der Waals surface area contributed by atoms with Crippen molar-refractivity contribution in [3.05, 3.63) is 0 Å². The lowest BCUT2D eigenvalue weighted by Gasteiger charge is -2.29. The van der Waals surface area contributed by atoms with E-state index in [-0.39, 0.29) is 0 Å². The molecular weight excluding hydrogens is 90.1 g/mol. The maximum Gasteiger partial charge on any atom is 0.0347 e. The van der Waals surface area contributed by atoms with Crippen LogP contribution in [0.3, 0.4) is 0 Å².